The molecule has 0 fully saturated rings. The van der Waals surface area contributed by atoms with Gasteiger partial charge in [-0.2, -0.15) is 4.98 Å². The highest BCUT2D eigenvalue weighted by Crippen LogP contribution is 2.32. The average molecular weight is 422 g/mol. The van der Waals surface area contributed by atoms with Gasteiger partial charge in [0, 0.05) is 28.2 Å². The highest BCUT2D eigenvalue weighted by Gasteiger charge is 2.14. The van der Waals surface area contributed by atoms with Crippen molar-refractivity contribution in [1.82, 2.24) is 9.55 Å². The van der Waals surface area contributed by atoms with E-state index in [4.69, 9.17) is 34.0 Å². The molecule has 4 rings (SSSR count). The largest absolute Gasteiger partial charge is 0.329 e. The number of nitrogens with one attached hydrogen (secondary N) is 2. The topological polar surface area (TPSA) is 68.8 Å². The first-order chi connectivity index (χ1) is 14.0. The van der Waals surface area contributed by atoms with Crippen molar-refractivity contribution in [3.05, 3.63) is 82.4 Å². The Bertz CT molecular complexity index is 1280. The number of fused-ring (bicyclic) bond motifs is 1. The average Bonchev–Trinajstić information content (AvgIpc) is 2.73. The third-order valence-corrected chi connectivity index (χ3v) is 5.25. The monoisotopic (exact) mass is 421 g/mol. The van der Waals surface area contributed by atoms with Gasteiger partial charge in [0.15, 0.2) is 0 Å². The van der Waals surface area contributed by atoms with Crippen LogP contribution in [0.4, 0.5) is 11.5 Å². The van der Waals surface area contributed by atoms with Crippen molar-refractivity contribution in [2.24, 2.45) is 0 Å². The van der Waals surface area contributed by atoms with E-state index in [1.165, 1.54) is 4.57 Å². The Morgan fingerprint density at radius 1 is 0.931 bits per heavy atom. The van der Waals surface area contributed by atoms with Crippen LogP contribution >= 0.6 is 23.2 Å². The Morgan fingerprint density at radius 3 is 2.38 bits per heavy atom. The van der Waals surface area contributed by atoms with Crippen LogP contribution in [-0.2, 0) is 0 Å². The first kappa shape index (κ1) is 19.2. The summed E-state index contributed by atoms with van der Waals surface area (Å²) in [6, 6.07) is 21.2. The Balaban J connectivity index is 1.85. The van der Waals surface area contributed by atoms with Gasteiger partial charge in [-0.1, -0.05) is 47.5 Å². The van der Waals surface area contributed by atoms with E-state index in [-0.39, 0.29) is 5.62 Å². The summed E-state index contributed by atoms with van der Waals surface area (Å²) in [6.45, 7) is 0. The fourth-order valence-electron chi connectivity index (χ4n) is 3.27. The maximum atomic E-state index is 8.24. The van der Waals surface area contributed by atoms with Crippen LogP contribution in [0, 0.1) is 10.8 Å². The number of nitrogens with zero attached hydrogens (tertiary/aromatic N) is 3. The smallest absolute Gasteiger partial charge is 0.229 e. The van der Waals surface area contributed by atoms with Crippen LogP contribution in [0.1, 0.15) is 0 Å². The molecule has 144 valence electrons. The molecule has 0 radical (unpaired) electrons. The first-order valence-corrected chi connectivity index (χ1v) is 9.60. The summed E-state index contributed by atoms with van der Waals surface area (Å²) in [5, 5.41) is 17.9. The van der Waals surface area contributed by atoms with Crippen molar-refractivity contribution < 1.29 is 0 Å². The van der Waals surface area contributed by atoms with Crippen LogP contribution in [-0.4, -0.2) is 22.9 Å². The molecule has 29 heavy (non-hydrogen) atoms. The van der Waals surface area contributed by atoms with Crippen LogP contribution < -0.4 is 10.5 Å². The predicted octanol–water partition coefficient (Wildman–Crippen LogP) is 5.71. The van der Waals surface area contributed by atoms with Gasteiger partial charge in [-0.3, -0.25) is 15.4 Å². The van der Waals surface area contributed by atoms with Gasteiger partial charge in [-0.05, 0) is 53.6 Å². The third kappa shape index (κ3) is 3.62. The first-order valence-electron chi connectivity index (χ1n) is 8.84. The lowest BCUT2D eigenvalue weighted by atomic mass is 10.0. The molecule has 0 bridgehead atoms. The molecule has 0 amide bonds. The molecule has 4 aromatic rings. The zero-order chi connectivity index (χ0) is 20.5. The summed E-state index contributed by atoms with van der Waals surface area (Å²) in [6.07, 6.45) is 1.07. The minimum absolute atomic E-state index is 0.0366. The lowest BCUT2D eigenvalue weighted by molar-refractivity contribution is 0.915. The van der Waals surface area contributed by atoms with Gasteiger partial charge in [0.2, 0.25) is 5.62 Å². The van der Waals surface area contributed by atoms with Gasteiger partial charge in [0.25, 0.3) is 0 Å². The summed E-state index contributed by atoms with van der Waals surface area (Å²) in [7, 11) is 1.91. The van der Waals surface area contributed by atoms with E-state index in [1.807, 2.05) is 60.5 Å². The van der Waals surface area contributed by atoms with Gasteiger partial charge >= 0.3 is 0 Å². The van der Waals surface area contributed by atoms with Crippen LogP contribution in [0.15, 0.2) is 66.7 Å². The highest BCUT2D eigenvalue weighted by molar-refractivity contribution is 6.31. The second kappa shape index (κ2) is 7.70. The number of rotatable bonds is 4. The van der Waals surface area contributed by atoms with Crippen LogP contribution in [0.2, 0.25) is 10.0 Å². The summed E-state index contributed by atoms with van der Waals surface area (Å²) >= 11 is 12.2. The van der Waals surface area contributed by atoms with E-state index < -0.39 is 0 Å². The number of hydrogen-bond acceptors (Lipinski definition) is 4. The minimum Gasteiger partial charge on any atom is -0.329 e. The zero-order valence-corrected chi connectivity index (χ0v) is 17.0. The van der Waals surface area contributed by atoms with E-state index in [0.717, 1.165) is 28.5 Å². The van der Waals surface area contributed by atoms with Gasteiger partial charge < -0.3 is 4.90 Å². The second-order valence-electron chi connectivity index (χ2n) is 6.54. The van der Waals surface area contributed by atoms with Crippen molar-refractivity contribution in [2.45, 2.75) is 0 Å². The summed E-state index contributed by atoms with van der Waals surface area (Å²) in [5.74, 6) is 0.619. The van der Waals surface area contributed by atoms with Crippen LogP contribution in [0.5, 0.6) is 0 Å². The van der Waals surface area contributed by atoms with Crippen LogP contribution in [0.25, 0.3) is 22.0 Å². The summed E-state index contributed by atoms with van der Waals surface area (Å²) in [5.41, 5.74) is 3.65. The lowest BCUT2D eigenvalue weighted by Crippen LogP contribution is -2.26. The van der Waals surface area contributed by atoms with Crippen molar-refractivity contribution in [1.29, 1.82) is 10.8 Å². The van der Waals surface area contributed by atoms with Crippen molar-refractivity contribution >= 4 is 51.9 Å². The van der Waals surface area contributed by atoms with E-state index in [9.17, 15) is 0 Å². The summed E-state index contributed by atoms with van der Waals surface area (Å²) < 4.78 is 1.39. The second-order valence-corrected chi connectivity index (χ2v) is 7.41. The molecule has 0 saturated carbocycles. The zero-order valence-electron chi connectivity index (χ0n) is 15.5. The molecule has 0 spiro atoms. The number of hydrogen-bond donors (Lipinski definition) is 2. The number of benzene rings is 3. The van der Waals surface area contributed by atoms with E-state index in [2.05, 4.69) is 11.1 Å². The fraction of sp³-hybridized carbons (Fsp3) is 0.0455. The molecule has 0 aliphatic rings. The molecule has 0 unspecified atom stereocenters. The molecule has 3 aromatic carbocycles. The fourth-order valence-corrected chi connectivity index (χ4v) is 3.56. The molecular weight excluding hydrogens is 405 g/mol. The normalized spacial score (nSPS) is 10.9. The lowest BCUT2D eigenvalue weighted by Gasteiger charge is -2.22. The molecule has 0 atom stereocenters. The SMILES string of the molecule is CN(c1cccc(-c2ccc(Cl)cc2)c1)c1nc(=N)n(C=N)c2cc(Cl)ccc12. The molecule has 1 heterocycles. The maximum Gasteiger partial charge on any atom is 0.229 e. The Kier molecular flexibility index (Phi) is 5.09. The molecule has 5 nitrogen and oxygen atoms in total. The van der Waals surface area contributed by atoms with E-state index >= 15 is 0 Å². The van der Waals surface area contributed by atoms with E-state index in [1.54, 1.807) is 12.1 Å². The van der Waals surface area contributed by atoms with Crippen molar-refractivity contribution in [3.8, 4) is 11.1 Å². The van der Waals surface area contributed by atoms with Gasteiger partial charge in [0.05, 0.1) is 11.9 Å². The van der Waals surface area contributed by atoms with Gasteiger partial charge in [0.1, 0.15) is 5.82 Å². The molecular formula is C22H17Cl2N5. The third-order valence-electron chi connectivity index (χ3n) is 4.76. The van der Waals surface area contributed by atoms with Gasteiger partial charge in [-0.25, -0.2) is 0 Å². The minimum atomic E-state index is -0.0366. The van der Waals surface area contributed by atoms with Crippen molar-refractivity contribution in [3.63, 3.8) is 0 Å². The maximum absolute atomic E-state index is 8.24. The molecule has 0 aliphatic heterocycles. The molecule has 2 N–H and O–H groups in total. The standard InChI is InChI=1S/C22H17Cl2N5/c1-28(18-4-2-3-15(11-18)14-5-7-16(23)8-6-14)21-19-10-9-17(24)12-20(19)29(13-25)22(26)27-21/h2-13,25-26H,1H3. The quantitative estimate of drug-likeness (QED) is 0.327. The Labute approximate surface area is 177 Å². The van der Waals surface area contributed by atoms with E-state index in [0.29, 0.717) is 21.4 Å². The Hall–Kier alpha value is -3.15. The number of anilines is 2. The number of aromatic nitrogens is 2. The van der Waals surface area contributed by atoms with Crippen molar-refractivity contribution in [2.75, 3.05) is 11.9 Å². The molecule has 0 aliphatic carbocycles. The Morgan fingerprint density at radius 2 is 1.66 bits per heavy atom. The molecule has 0 saturated heterocycles. The molecule has 1 aromatic heterocycles. The van der Waals surface area contributed by atoms with Gasteiger partial charge in [-0.15, -0.1) is 0 Å². The number of halogens is 2. The van der Waals surface area contributed by atoms with Crippen LogP contribution in [0.3, 0.4) is 0 Å². The highest BCUT2D eigenvalue weighted by atomic mass is 35.5. The summed E-state index contributed by atoms with van der Waals surface area (Å²) in [4.78, 5) is 6.37. The molecule has 7 heteroatoms. The predicted molar refractivity (Wildman–Crippen MR) is 120 cm³/mol.